The van der Waals surface area contributed by atoms with Crippen LogP contribution < -0.4 is 5.32 Å². The second kappa shape index (κ2) is 5.75. The van der Waals surface area contributed by atoms with E-state index in [1.165, 1.54) is 31.2 Å². The Morgan fingerprint density at radius 3 is 2.56 bits per heavy atom. The van der Waals surface area contributed by atoms with E-state index in [1.54, 1.807) is 0 Å². The first-order valence-corrected chi connectivity index (χ1v) is 7.77. The number of hydrogen-bond donors (Lipinski definition) is 1. The van der Waals surface area contributed by atoms with E-state index in [0.29, 0.717) is 17.5 Å². The third-order valence-electron chi connectivity index (χ3n) is 4.06. The summed E-state index contributed by atoms with van der Waals surface area (Å²) in [5.41, 5.74) is 1.89. The Kier molecular flexibility index (Phi) is 4.50. The summed E-state index contributed by atoms with van der Waals surface area (Å²) in [6.45, 7) is 7.06. The standard InChI is InChI=1S/C16H24BrN/c1-12(13-6-8-14(17)9-7-13)18-15-5-4-10-16(2,3)11-15/h6-9,12,15,18H,4-5,10-11H2,1-3H3. The lowest BCUT2D eigenvalue weighted by Crippen LogP contribution is -2.38. The van der Waals surface area contributed by atoms with Gasteiger partial charge in [0.15, 0.2) is 0 Å². The maximum absolute atomic E-state index is 3.79. The smallest absolute Gasteiger partial charge is 0.0294 e. The molecule has 0 bridgehead atoms. The van der Waals surface area contributed by atoms with Crippen LogP contribution in [0.25, 0.3) is 0 Å². The highest BCUT2D eigenvalue weighted by atomic mass is 79.9. The van der Waals surface area contributed by atoms with Crippen LogP contribution in [0.1, 0.15) is 58.1 Å². The number of benzene rings is 1. The monoisotopic (exact) mass is 309 g/mol. The fraction of sp³-hybridized carbons (Fsp3) is 0.625. The van der Waals surface area contributed by atoms with E-state index in [0.717, 1.165) is 4.47 Å². The van der Waals surface area contributed by atoms with Crippen LogP contribution in [0.4, 0.5) is 0 Å². The summed E-state index contributed by atoms with van der Waals surface area (Å²) in [6, 6.07) is 9.77. The molecule has 0 saturated heterocycles. The van der Waals surface area contributed by atoms with Gasteiger partial charge in [0.2, 0.25) is 0 Å². The molecule has 0 heterocycles. The number of hydrogen-bond acceptors (Lipinski definition) is 1. The zero-order chi connectivity index (χ0) is 13.2. The van der Waals surface area contributed by atoms with Gasteiger partial charge in [-0.2, -0.15) is 0 Å². The third kappa shape index (κ3) is 3.83. The highest BCUT2D eigenvalue weighted by Crippen LogP contribution is 2.35. The van der Waals surface area contributed by atoms with Gasteiger partial charge < -0.3 is 5.32 Å². The molecule has 1 fully saturated rings. The minimum absolute atomic E-state index is 0.442. The van der Waals surface area contributed by atoms with Crippen LogP contribution in [0.5, 0.6) is 0 Å². The summed E-state index contributed by atoms with van der Waals surface area (Å²) < 4.78 is 1.15. The normalized spacial score (nSPS) is 24.8. The molecule has 2 atom stereocenters. The highest BCUT2D eigenvalue weighted by Gasteiger charge is 2.28. The van der Waals surface area contributed by atoms with E-state index < -0.39 is 0 Å². The Balaban J connectivity index is 1.94. The number of halogens is 1. The van der Waals surface area contributed by atoms with Crippen molar-refractivity contribution < 1.29 is 0 Å². The van der Waals surface area contributed by atoms with E-state index in [-0.39, 0.29) is 0 Å². The summed E-state index contributed by atoms with van der Waals surface area (Å²) in [4.78, 5) is 0. The lowest BCUT2D eigenvalue weighted by Gasteiger charge is -2.37. The van der Waals surface area contributed by atoms with Gasteiger partial charge in [0, 0.05) is 16.6 Å². The summed E-state index contributed by atoms with van der Waals surface area (Å²) in [5.74, 6) is 0. The topological polar surface area (TPSA) is 12.0 Å². The zero-order valence-electron chi connectivity index (χ0n) is 11.7. The van der Waals surface area contributed by atoms with E-state index in [1.807, 2.05) is 0 Å². The molecule has 0 amide bonds. The highest BCUT2D eigenvalue weighted by molar-refractivity contribution is 9.10. The van der Waals surface area contributed by atoms with Crippen molar-refractivity contribution in [2.24, 2.45) is 5.41 Å². The van der Waals surface area contributed by atoms with Gasteiger partial charge in [-0.15, -0.1) is 0 Å². The van der Waals surface area contributed by atoms with Crippen LogP contribution in [-0.4, -0.2) is 6.04 Å². The Bertz CT molecular complexity index is 383. The molecule has 0 aliphatic heterocycles. The molecule has 100 valence electrons. The number of rotatable bonds is 3. The van der Waals surface area contributed by atoms with Crippen molar-refractivity contribution in [2.45, 2.75) is 58.5 Å². The lowest BCUT2D eigenvalue weighted by molar-refractivity contribution is 0.191. The molecule has 0 aromatic heterocycles. The SMILES string of the molecule is CC(NC1CCCC(C)(C)C1)c1ccc(Br)cc1. The predicted molar refractivity (Wildman–Crippen MR) is 81.7 cm³/mol. The molecular formula is C16H24BrN. The van der Waals surface area contributed by atoms with Crippen LogP contribution in [0, 0.1) is 5.41 Å². The van der Waals surface area contributed by atoms with Gasteiger partial charge in [0.1, 0.15) is 0 Å². The first-order chi connectivity index (χ1) is 8.46. The largest absolute Gasteiger partial charge is 0.307 e. The second-order valence-electron chi connectivity index (χ2n) is 6.40. The average molecular weight is 310 g/mol. The molecule has 1 aromatic carbocycles. The number of nitrogens with one attached hydrogen (secondary N) is 1. The Labute approximate surface area is 119 Å². The van der Waals surface area contributed by atoms with Crippen LogP contribution in [-0.2, 0) is 0 Å². The minimum atomic E-state index is 0.442. The molecule has 2 rings (SSSR count). The molecule has 2 heteroatoms. The van der Waals surface area contributed by atoms with E-state index in [2.05, 4.69) is 66.3 Å². The van der Waals surface area contributed by atoms with Crippen LogP contribution in [0.3, 0.4) is 0 Å². The van der Waals surface area contributed by atoms with Crippen LogP contribution in [0.15, 0.2) is 28.7 Å². The Morgan fingerprint density at radius 1 is 1.28 bits per heavy atom. The maximum atomic E-state index is 3.79. The molecule has 1 saturated carbocycles. The van der Waals surface area contributed by atoms with Crippen molar-refractivity contribution in [3.05, 3.63) is 34.3 Å². The average Bonchev–Trinajstić information content (AvgIpc) is 2.28. The molecule has 18 heavy (non-hydrogen) atoms. The first kappa shape index (κ1) is 14.1. The van der Waals surface area contributed by atoms with Gasteiger partial charge >= 0.3 is 0 Å². The van der Waals surface area contributed by atoms with Crippen LogP contribution in [0.2, 0.25) is 0 Å². The lowest BCUT2D eigenvalue weighted by atomic mass is 9.75. The second-order valence-corrected chi connectivity index (χ2v) is 7.31. The molecule has 1 nitrogen and oxygen atoms in total. The molecule has 1 N–H and O–H groups in total. The van der Waals surface area contributed by atoms with Crippen molar-refractivity contribution >= 4 is 15.9 Å². The zero-order valence-corrected chi connectivity index (χ0v) is 13.3. The van der Waals surface area contributed by atoms with Gasteiger partial charge in [-0.1, -0.05) is 48.3 Å². The third-order valence-corrected chi connectivity index (χ3v) is 4.59. The molecule has 2 unspecified atom stereocenters. The predicted octanol–water partition coefficient (Wildman–Crippen LogP) is 5.07. The fourth-order valence-corrected chi connectivity index (χ4v) is 3.31. The molecule has 1 aliphatic carbocycles. The summed E-state index contributed by atoms with van der Waals surface area (Å²) in [7, 11) is 0. The molecule has 0 radical (unpaired) electrons. The van der Waals surface area contributed by atoms with E-state index >= 15 is 0 Å². The quantitative estimate of drug-likeness (QED) is 0.822. The van der Waals surface area contributed by atoms with E-state index in [9.17, 15) is 0 Å². The molecular weight excluding hydrogens is 286 g/mol. The Hall–Kier alpha value is -0.340. The van der Waals surface area contributed by atoms with Crippen LogP contribution >= 0.6 is 15.9 Å². The van der Waals surface area contributed by atoms with Crippen molar-refractivity contribution in [3.8, 4) is 0 Å². The van der Waals surface area contributed by atoms with Crippen molar-refractivity contribution in [3.63, 3.8) is 0 Å². The van der Waals surface area contributed by atoms with Crippen molar-refractivity contribution in [1.29, 1.82) is 0 Å². The molecule has 1 aliphatic rings. The minimum Gasteiger partial charge on any atom is -0.307 e. The van der Waals surface area contributed by atoms with E-state index in [4.69, 9.17) is 0 Å². The van der Waals surface area contributed by atoms with Crippen molar-refractivity contribution in [2.75, 3.05) is 0 Å². The van der Waals surface area contributed by atoms with Crippen molar-refractivity contribution in [1.82, 2.24) is 5.32 Å². The molecule has 0 spiro atoms. The van der Waals surface area contributed by atoms with Gasteiger partial charge in [0.05, 0.1) is 0 Å². The summed E-state index contributed by atoms with van der Waals surface area (Å²) >= 11 is 3.49. The van der Waals surface area contributed by atoms with Gasteiger partial charge in [-0.3, -0.25) is 0 Å². The van der Waals surface area contributed by atoms with Gasteiger partial charge in [-0.05, 0) is 49.3 Å². The van der Waals surface area contributed by atoms with Gasteiger partial charge in [0.25, 0.3) is 0 Å². The Morgan fingerprint density at radius 2 is 1.94 bits per heavy atom. The summed E-state index contributed by atoms with van der Waals surface area (Å²) in [6.07, 6.45) is 5.35. The van der Waals surface area contributed by atoms with Gasteiger partial charge in [-0.25, -0.2) is 0 Å². The first-order valence-electron chi connectivity index (χ1n) is 6.98. The molecule has 1 aromatic rings. The summed E-state index contributed by atoms with van der Waals surface area (Å²) in [5, 5.41) is 3.79. The fourth-order valence-electron chi connectivity index (χ4n) is 3.04. The maximum Gasteiger partial charge on any atom is 0.0294 e.